The second-order valence-electron chi connectivity index (χ2n) is 13.2. The molecule has 2 aromatic rings. The van der Waals surface area contributed by atoms with Gasteiger partial charge in [-0.15, -0.1) is 0 Å². The van der Waals surface area contributed by atoms with Crippen molar-refractivity contribution in [2.45, 2.75) is 44.6 Å². The molecule has 0 unspecified atom stereocenters. The number of urea groups is 1. The molecular formula is C33H41N5O4. The molecule has 5 fully saturated rings. The second kappa shape index (κ2) is 11.3. The summed E-state index contributed by atoms with van der Waals surface area (Å²) >= 11 is 0. The molecule has 2 N–H and O–H groups in total. The van der Waals surface area contributed by atoms with Crippen LogP contribution < -0.4 is 20.4 Å². The number of rotatable bonds is 7. The third kappa shape index (κ3) is 5.40. The molecule has 4 amide bonds. The van der Waals surface area contributed by atoms with Crippen molar-refractivity contribution in [3.63, 3.8) is 0 Å². The Kier molecular flexibility index (Phi) is 7.40. The Morgan fingerprint density at radius 2 is 1.36 bits per heavy atom. The molecule has 4 aliphatic carbocycles. The first-order valence-corrected chi connectivity index (χ1v) is 15.6. The molecule has 0 spiro atoms. The van der Waals surface area contributed by atoms with E-state index in [-0.39, 0.29) is 11.3 Å². The summed E-state index contributed by atoms with van der Waals surface area (Å²) in [6, 6.07) is 15.0. The standard InChI is InChI=1S/C33H41N5O4/c39-30-29(35-32(41)34-26-6-2-1-3-7-26)31(40)38(22-33-19-23-16-24(20-33)18-25(17-23)21-33)28-9-5-4-8-27(28)37(30)11-10-36-12-14-42-15-13-36/h1-9,23-25,29H,10-22H2,(H2,34,35,41)/t23?,24?,25?,29-,33?/m0/s1. The van der Waals surface area contributed by atoms with E-state index in [1.54, 1.807) is 17.0 Å². The molecule has 9 nitrogen and oxygen atoms in total. The number of morpholine rings is 1. The summed E-state index contributed by atoms with van der Waals surface area (Å²) in [4.78, 5) is 47.8. The van der Waals surface area contributed by atoms with E-state index in [1.807, 2.05) is 47.4 Å². The van der Waals surface area contributed by atoms with E-state index in [9.17, 15) is 14.4 Å². The number of carbonyl (C=O) groups is 3. The molecule has 9 heteroatoms. The summed E-state index contributed by atoms with van der Waals surface area (Å²) in [7, 11) is 0. The number of ether oxygens (including phenoxy) is 1. The van der Waals surface area contributed by atoms with Crippen LogP contribution >= 0.6 is 0 Å². The Bertz CT molecular complexity index is 1290. The average molecular weight is 572 g/mol. The molecule has 2 heterocycles. The fourth-order valence-corrected chi connectivity index (χ4v) is 8.80. The minimum absolute atomic E-state index is 0.0698. The zero-order valence-electron chi connectivity index (χ0n) is 24.2. The van der Waals surface area contributed by atoms with Gasteiger partial charge in [0, 0.05) is 38.4 Å². The molecular weight excluding hydrogens is 530 g/mol. The monoisotopic (exact) mass is 571 g/mol. The SMILES string of the molecule is O=C(Nc1ccccc1)N[C@H]1C(=O)N(CCN2CCOCC2)c2ccccc2N(CC23CC4CC(CC(C4)C2)C3)C1=O. The second-order valence-corrected chi connectivity index (χ2v) is 13.2. The molecule has 8 rings (SSSR count). The van der Waals surface area contributed by atoms with Crippen LogP contribution in [0.5, 0.6) is 0 Å². The van der Waals surface area contributed by atoms with Crippen molar-refractivity contribution in [1.29, 1.82) is 0 Å². The van der Waals surface area contributed by atoms with Gasteiger partial charge < -0.3 is 25.2 Å². The third-order valence-electron chi connectivity index (χ3n) is 10.2. The molecule has 42 heavy (non-hydrogen) atoms. The van der Waals surface area contributed by atoms with Gasteiger partial charge in [-0.3, -0.25) is 14.5 Å². The van der Waals surface area contributed by atoms with Crippen molar-refractivity contribution in [2.75, 3.05) is 61.1 Å². The molecule has 2 aromatic carbocycles. The van der Waals surface area contributed by atoms with E-state index in [1.165, 1.54) is 19.3 Å². The third-order valence-corrected chi connectivity index (χ3v) is 10.2. The van der Waals surface area contributed by atoms with Crippen LogP contribution in [0.4, 0.5) is 21.9 Å². The van der Waals surface area contributed by atoms with Crippen molar-refractivity contribution in [2.24, 2.45) is 23.2 Å². The molecule has 4 bridgehead atoms. The quantitative estimate of drug-likeness (QED) is 0.488. The first kappa shape index (κ1) is 27.4. The fourth-order valence-electron chi connectivity index (χ4n) is 8.80. The molecule has 2 aliphatic heterocycles. The highest BCUT2D eigenvalue weighted by molar-refractivity contribution is 6.21. The highest BCUT2D eigenvalue weighted by Gasteiger charge is 2.53. The summed E-state index contributed by atoms with van der Waals surface area (Å²) < 4.78 is 5.51. The zero-order chi connectivity index (χ0) is 28.7. The number of anilines is 3. The number of para-hydroxylation sites is 3. The molecule has 0 aromatic heterocycles. The van der Waals surface area contributed by atoms with Gasteiger partial charge in [0.2, 0.25) is 0 Å². The van der Waals surface area contributed by atoms with Crippen LogP contribution in [-0.4, -0.2) is 74.7 Å². The van der Waals surface area contributed by atoms with Crippen LogP contribution in [0.2, 0.25) is 0 Å². The predicted molar refractivity (Wildman–Crippen MR) is 161 cm³/mol. The predicted octanol–water partition coefficient (Wildman–Crippen LogP) is 4.11. The Hall–Kier alpha value is -3.43. The number of carbonyl (C=O) groups excluding carboxylic acids is 3. The molecule has 222 valence electrons. The van der Waals surface area contributed by atoms with Gasteiger partial charge in [0.1, 0.15) is 0 Å². The smallest absolute Gasteiger partial charge is 0.320 e. The van der Waals surface area contributed by atoms with Crippen molar-refractivity contribution in [3.8, 4) is 0 Å². The van der Waals surface area contributed by atoms with Crippen LogP contribution in [0.15, 0.2) is 54.6 Å². The van der Waals surface area contributed by atoms with Crippen molar-refractivity contribution in [3.05, 3.63) is 54.6 Å². The minimum Gasteiger partial charge on any atom is -0.379 e. The van der Waals surface area contributed by atoms with E-state index in [2.05, 4.69) is 15.5 Å². The maximum atomic E-state index is 14.5. The normalized spacial score (nSPS) is 30.7. The number of fused-ring (bicyclic) bond motifs is 1. The molecule has 1 atom stereocenters. The highest BCUT2D eigenvalue weighted by atomic mass is 16.5. The number of benzene rings is 2. The number of amides is 4. The Morgan fingerprint density at radius 3 is 2.00 bits per heavy atom. The molecule has 0 radical (unpaired) electrons. The first-order valence-electron chi connectivity index (χ1n) is 15.6. The van der Waals surface area contributed by atoms with Crippen LogP contribution in [-0.2, 0) is 14.3 Å². The lowest BCUT2D eigenvalue weighted by atomic mass is 9.49. The van der Waals surface area contributed by atoms with Gasteiger partial charge in [-0.25, -0.2) is 4.79 Å². The van der Waals surface area contributed by atoms with Gasteiger partial charge in [-0.2, -0.15) is 0 Å². The molecule has 1 saturated heterocycles. The number of nitrogens with zero attached hydrogens (tertiary/aromatic N) is 3. The number of hydrogen-bond donors (Lipinski definition) is 2. The van der Waals surface area contributed by atoms with E-state index in [0.717, 1.165) is 61.5 Å². The van der Waals surface area contributed by atoms with Crippen LogP contribution in [0.3, 0.4) is 0 Å². The Balaban J connectivity index is 1.21. The summed E-state index contributed by atoms with van der Waals surface area (Å²) in [6.07, 6.45) is 7.40. The van der Waals surface area contributed by atoms with Gasteiger partial charge in [0.15, 0.2) is 6.04 Å². The van der Waals surface area contributed by atoms with Gasteiger partial charge in [-0.05, 0) is 86.0 Å². The topological polar surface area (TPSA) is 94.2 Å². The van der Waals surface area contributed by atoms with E-state index < -0.39 is 18.0 Å². The lowest BCUT2D eigenvalue weighted by Crippen LogP contribution is -2.59. The summed E-state index contributed by atoms with van der Waals surface area (Å²) in [5.74, 6) is 1.49. The Labute approximate surface area is 247 Å². The Morgan fingerprint density at radius 1 is 0.786 bits per heavy atom. The van der Waals surface area contributed by atoms with Gasteiger partial charge >= 0.3 is 6.03 Å². The van der Waals surface area contributed by atoms with Gasteiger partial charge in [-0.1, -0.05) is 30.3 Å². The maximum absolute atomic E-state index is 14.5. The van der Waals surface area contributed by atoms with Crippen LogP contribution in [0.25, 0.3) is 0 Å². The van der Waals surface area contributed by atoms with Crippen LogP contribution in [0.1, 0.15) is 38.5 Å². The van der Waals surface area contributed by atoms with Gasteiger partial charge in [0.05, 0.1) is 24.6 Å². The maximum Gasteiger partial charge on any atom is 0.320 e. The average Bonchev–Trinajstić information content (AvgIpc) is 3.06. The van der Waals surface area contributed by atoms with Gasteiger partial charge in [0.25, 0.3) is 11.8 Å². The van der Waals surface area contributed by atoms with E-state index in [0.29, 0.717) is 38.5 Å². The highest BCUT2D eigenvalue weighted by Crippen LogP contribution is 2.60. The lowest BCUT2D eigenvalue weighted by molar-refractivity contribution is -0.129. The molecule has 4 saturated carbocycles. The largest absolute Gasteiger partial charge is 0.379 e. The van der Waals surface area contributed by atoms with E-state index >= 15 is 0 Å². The summed E-state index contributed by atoms with van der Waals surface area (Å²) in [5.41, 5.74) is 2.17. The first-order chi connectivity index (χ1) is 20.5. The lowest BCUT2D eigenvalue weighted by Gasteiger charge is -2.57. The van der Waals surface area contributed by atoms with Crippen molar-refractivity contribution >= 4 is 34.9 Å². The van der Waals surface area contributed by atoms with Crippen molar-refractivity contribution in [1.82, 2.24) is 10.2 Å². The summed E-state index contributed by atoms with van der Waals surface area (Å²) in [6.45, 7) is 4.64. The zero-order valence-corrected chi connectivity index (χ0v) is 24.2. The number of nitrogens with one attached hydrogen (secondary N) is 2. The molecule has 6 aliphatic rings. The van der Waals surface area contributed by atoms with Crippen LogP contribution in [0, 0.1) is 23.2 Å². The minimum atomic E-state index is -1.32. The van der Waals surface area contributed by atoms with Crippen molar-refractivity contribution < 1.29 is 19.1 Å². The number of hydrogen-bond acceptors (Lipinski definition) is 5. The fraction of sp³-hybridized carbons (Fsp3) is 0.545. The van der Waals surface area contributed by atoms with E-state index in [4.69, 9.17) is 4.74 Å². The summed E-state index contributed by atoms with van der Waals surface area (Å²) in [5, 5.41) is 5.58.